The van der Waals surface area contributed by atoms with Crippen molar-refractivity contribution in [3.05, 3.63) is 41.1 Å². The van der Waals surface area contributed by atoms with Gasteiger partial charge in [-0.05, 0) is 19.4 Å². The number of hydrogen-bond acceptors (Lipinski definition) is 4. The van der Waals surface area contributed by atoms with Crippen molar-refractivity contribution in [2.24, 2.45) is 0 Å². The lowest BCUT2D eigenvalue weighted by molar-refractivity contribution is -0.605. The predicted octanol–water partition coefficient (Wildman–Crippen LogP) is 2.99. The third-order valence-electron chi connectivity index (χ3n) is 3.96. The predicted molar refractivity (Wildman–Crippen MR) is 103 cm³/mol. The van der Waals surface area contributed by atoms with Gasteiger partial charge in [0.2, 0.25) is 12.1 Å². The van der Waals surface area contributed by atoms with Crippen molar-refractivity contribution in [1.82, 2.24) is 9.78 Å². The van der Waals surface area contributed by atoms with Crippen molar-refractivity contribution in [3.63, 3.8) is 0 Å². The van der Waals surface area contributed by atoms with Gasteiger partial charge in [0.25, 0.3) is 0 Å². The molecule has 0 spiro atoms. The zero-order valence-electron chi connectivity index (χ0n) is 15.6. The van der Waals surface area contributed by atoms with Crippen LogP contribution in [-0.2, 0) is 15.6 Å². The highest BCUT2D eigenvalue weighted by Crippen LogP contribution is 2.26. The van der Waals surface area contributed by atoms with Gasteiger partial charge in [0.1, 0.15) is 11.4 Å². The minimum absolute atomic E-state index is 0.0339. The van der Waals surface area contributed by atoms with Gasteiger partial charge in [-0.25, -0.2) is 4.68 Å². The number of hydrogen-bond donors (Lipinski definition) is 0. The van der Waals surface area contributed by atoms with E-state index in [4.69, 9.17) is 11.6 Å². The van der Waals surface area contributed by atoms with E-state index in [1.165, 1.54) is 34.2 Å². The molecule has 1 amide bonds. The quantitative estimate of drug-likeness (QED) is 0.432. The van der Waals surface area contributed by atoms with Gasteiger partial charge in [0.05, 0.1) is 6.20 Å². The third-order valence-corrected chi connectivity index (χ3v) is 5.63. The van der Waals surface area contributed by atoms with E-state index >= 15 is 0 Å². The number of nitrogens with zero attached hydrogens (tertiary/aromatic N) is 4. The number of halogens is 4. The highest BCUT2D eigenvalue weighted by atomic mass is 35.5. The van der Waals surface area contributed by atoms with Gasteiger partial charge in [0, 0.05) is 47.8 Å². The maximum atomic E-state index is 12.5. The van der Waals surface area contributed by atoms with Crippen molar-refractivity contribution in [3.8, 4) is 5.69 Å². The maximum Gasteiger partial charge on any atom is 0.389 e. The first-order chi connectivity index (χ1) is 13.6. The molecule has 0 saturated carbocycles. The van der Waals surface area contributed by atoms with Crippen LogP contribution in [0.4, 0.5) is 18.9 Å². The molecule has 0 fully saturated rings. The minimum Gasteiger partial charge on any atom is -0.619 e. The van der Waals surface area contributed by atoms with Crippen LogP contribution in [0, 0.1) is 5.21 Å². The molecular formula is C17H20ClF3N4O3S. The van der Waals surface area contributed by atoms with Crippen LogP contribution in [0.2, 0.25) is 5.15 Å². The Morgan fingerprint density at radius 3 is 2.76 bits per heavy atom. The number of alkyl halides is 3. The van der Waals surface area contributed by atoms with E-state index in [9.17, 15) is 27.4 Å². The SMILES string of the molecule is CCN(C(=O)CCS(=O)CCCC(F)(F)F)c1cn(-c2ccc[n+]([O-])c2)nc1Cl. The second-order valence-electron chi connectivity index (χ2n) is 6.13. The molecule has 0 radical (unpaired) electrons. The fraction of sp³-hybridized carbons (Fsp3) is 0.471. The zero-order chi connectivity index (χ0) is 21.6. The Labute approximate surface area is 173 Å². The summed E-state index contributed by atoms with van der Waals surface area (Å²) in [7, 11) is -1.52. The van der Waals surface area contributed by atoms with Crippen molar-refractivity contribution >= 4 is 34.0 Å². The maximum absolute atomic E-state index is 12.5. The molecule has 2 heterocycles. The van der Waals surface area contributed by atoms with Gasteiger partial charge in [0.15, 0.2) is 11.3 Å². The standard InChI is InChI=1S/C17H20ClF3N4O3S/c1-2-24(15(26)6-10-29(28)9-4-7-17(19,20)21)14-12-25(22-16(14)18)13-5-3-8-23(27)11-13/h3,5,8,11-12H,2,4,6-7,9-10H2,1H3. The van der Waals surface area contributed by atoms with E-state index in [0.29, 0.717) is 16.1 Å². The Morgan fingerprint density at radius 1 is 1.41 bits per heavy atom. The number of amides is 1. The first-order valence-electron chi connectivity index (χ1n) is 8.77. The molecule has 2 rings (SSSR count). The molecular weight excluding hydrogens is 433 g/mol. The summed E-state index contributed by atoms with van der Waals surface area (Å²) in [4.78, 5) is 13.9. The lowest BCUT2D eigenvalue weighted by Gasteiger charge is -2.19. The lowest BCUT2D eigenvalue weighted by atomic mass is 10.3. The summed E-state index contributed by atoms with van der Waals surface area (Å²) in [5, 5.41) is 15.6. The molecule has 1 unspecified atom stereocenters. The Morgan fingerprint density at radius 2 is 2.14 bits per heavy atom. The second kappa shape index (κ2) is 10.1. The molecule has 0 aliphatic rings. The molecule has 2 aromatic heterocycles. The average molecular weight is 453 g/mol. The molecule has 0 aliphatic carbocycles. The number of rotatable bonds is 9. The van der Waals surface area contributed by atoms with Crippen LogP contribution in [0.15, 0.2) is 30.7 Å². The monoisotopic (exact) mass is 452 g/mol. The summed E-state index contributed by atoms with van der Waals surface area (Å²) in [5.74, 6) is -0.515. The van der Waals surface area contributed by atoms with E-state index < -0.39 is 23.4 Å². The van der Waals surface area contributed by atoms with E-state index in [1.807, 2.05) is 0 Å². The highest BCUT2D eigenvalue weighted by molar-refractivity contribution is 7.84. The fourth-order valence-electron chi connectivity index (χ4n) is 2.59. The summed E-state index contributed by atoms with van der Waals surface area (Å²) >= 11 is 6.15. The topological polar surface area (TPSA) is 82.1 Å². The Kier molecular flexibility index (Phi) is 8.03. The molecule has 0 saturated heterocycles. The lowest BCUT2D eigenvalue weighted by Crippen LogP contribution is -2.31. The molecule has 7 nitrogen and oxygen atoms in total. The molecule has 2 aromatic rings. The summed E-state index contributed by atoms with van der Waals surface area (Å²) < 4.78 is 50.3. The van der Waals surface area contributed by atoms with Crippen molar-refractivity contribution < 1.29 is 26.9 Å². The van der Waals surface area contributed by atoms with Crippen molar-refractivity contribution in [2.75, 3.05) is 23.0 Å². The van der Waals surface area contributed by atoms with Gasteiger partial charge in [-0.15, -0.1) is 0 Å². The van der Waals surface area contributed by atoms with Crippen LogP contribution in [0.3, 0.4) is 0 Å². The van der Waals surface area contributed by atoms with Gasteiger partial charge < -0.3 is 10.1 Å². The van der Waals surface area contributed by atoms with Crippen LogP contribution in [0.5, 0.6) is 0 Å². The molecule has 0 aliphatic heterocycles. The van der Waals surface area contributed by atoms with Crippen LogP contribution in [0.25, 0.3) is 5.69 Å². The normalized spacial score (nSPS) is 12.7. The third kappa shape index (κ3) is 7.00. The smallest absolute Gasteiger partial charge is 0.389 e. The van der Waals surface area contributed by atoms with Gasteiger partial charge in [-0.3, -0.25) is 9.00 Å². The van der Waals surface area contributed by atoms with E-state index in [1.54, 1.807) is 13.0 Å². The first-order valence-corrected chi connectivity index (χ1v) is 10.6. The van der Waals surface area contributed by atoms with Crippen LogP contribution in [-0.4, -0.2) is 44.1 Å². The first kappa shape index (κ1) is 23.1. The summed E-state index contributed by atoms with van der Waals surface area (Å²) in [6.07, 6.45) is -1.51. The fourth-order valence-corrected chi connectivity index (χ4v) is 3.89. The molecule has 1 atom stereocenters. The number of carbonyl (C=O) groups excluding carboxylic acids is 1. The molecule has 0 aromatic carbocycles. The number of pyridine rings is 1. The molecule has 29 heavy (non-hydrogen) atoms. The van der Waals surface area contributed by atoms with Crippen LogP contribution < -0.4 is 9.63 Å². The van der Waals surface area contributed by atoms with E-state index in [2.05, 4.69) is 5.10 Å². The molecule has 0 bridgehead atoms. The minimum atomic E-state index is -4.28. The number of carbonyl (C=O) groups is 1. The number of anilines is 1. The summed E-state index contributed by atoms with van der Waals surface area (Å²) in [5.41, 5.74) is 0.772. The van der Waals surface area contributed by atoms with Crippen molar-refractivity contribution in [1.29, 1.82) is 0 Å². The Hall–Kier alpha value is -2.14. The molecule has 160 valence electrons. The van der Waals surface area contributed by atoms with Crippen LogP contribution in [0.1, 0.15) is 26.2 Å². The largest absolute Gasteiger partial charge is 0.619 e. The number of aromatic nitrogens is 3. The average Bonchev–Trinajstić information content (AvgIpc) is 3.01. The van der Waals surface area contributed by atoms with E-state index in [0.717, 1.165) is 0 Å². The molecule has 0 N–H and O–H groups in total. The van der Waals surface area contributed by atoms with Crippen LogP contribution >= 0.6 is 11.6 Å². The second-order valence-corrected chi connectivity index (χ2v) is 8.18. The highest BCUT2D eigenvalue weighted by Gasteiger charge is 2.26. The van der Waals surface area contributed by atoms with Gasteiger partial charge in [-0.2, -0.15) is 23.0 Å². The molecule has 12 heteroatoms. The zero-order valence-corrected chi connectivity index (χ0v) is 17.1. The van der Waals surface area contributed by atoms with Gasteiger partial charge in [-0.1, -0.05) is 11.6 Å². The van der Waals surface area contributed by atoms with E-state index in [-0.39, 0.29) is 42.0 Å². The summed E-state index contributed by atoms with van der Waals surface area (Å²) in [6.45, 7) is 1.99. The van der Waals surface area contributed by atoms with Gasteiger partial charge >= 0.3 is 6.18 Å². The Balaban J connectivity index is 2.00. The van der Waals surface area contributed by atoms with Crippen molar-refractivity contribution in [2.45, 2.75) is 32.4 Å². The Bertz CT molecular complexity index is 876. The summed E-state index contributed by atoms with van der Waals surface area (Å²) in [6, 6.07) is 3.18.